The molecule has 0 aliphatic carbocycles. The summed E-state index contributed by atoms with van der Waals surface area (Å²) in [6.45, 7) is 5.07. The van der Waals surface area contributed by atoms with Gasteiger partial charge in [0.1, 0.15) is 0 Å². The zero-order valence-electron chi connectivity index (χ0n) is 10.0. The van der Waals surface area contributed by atoms with E-state index >= 15 is 0 Å². The maximum Gasteiger partial charge on any atom is 0.0953 e. The van der Waals surface area contributed by atoms with Gasteiger partial charge < -0.3 is 9.73 Å². The highest BCUT2D eigenvalue weighted by Crippen LogP contribution is 2.27. The van der Waals surface area contributed by atoms with Gasteiger partial charge in [-0.05, 0) is 42.8 Å². The molecule has 0 bridgehead atoms. The van der Waals surface area contributed by atoms with Crippen LogP contribution in [0.4, 0.5) is 0 Å². The summed E-state index contributed by atoms with van der Waals surface area (Å²) in [6, 6.07) is 8.09. The summed E-state index contributed by atoms with van der Waals surface area (Å²) >= 11 is 6.07. The highest BCUT2D eigenvalue weighted by molar-refractivity contribution is 6.30. The molecule has 0 amide bonds. The molecule has 1 atom stereocenters. The molecule has 1 aromatic heterocycles. The third-order valence-electron chi connectivity index (χ3n) is 2.84. The molecule has 3 heteroatoms. The van der Waals surface area contributed by atoms with Gasteiger partial charge >= 0.3 is 0 Å². The van der Waals surface area contributed by atoms with Gasteiger partial charge in [-0.25, -0.2) is 0 Å². The molecule has 1 heterocycles. The molecule has 1 N–H and O–H groups in total. The lowest BCUT2D eigenvalue weighted by molar-refractivity contribution is 0.552. The molecule has 0 radical (unpaired) electrons. The van der Waals surface area contributed by atoms with E-state index in [0.717, 1.165) is 17.1 Å². The Morgan fingerprint density at radius 2 is 2.18 bits per heavy atom. The van der Waals surface area contributed by atoms with E-state index in [2.05, 4.69) is 19.2 Å². The lowest BCUT2D eigenvalue weighted by Gasteiger charge is -2.19. The standard InChI is InChI=1S/C14H16ClNO/c1-3-16-14(11-6-7-17-9-11)13-8-12(15)5-4-10(13)2/h4-9,14,16H,3H2,1-2H3. The number of nitrogens with one attached hydrogen (secondary N) is 1. The van der Waals surface area contributed by atoms with Gasteiger partial charge in [0.25, 0.3) is 0 Å². The van der Waals surface area contributed by atoms with Crippen molar-refractivity contribution in [3.63, 3.8) is 0 Å². The van der Waals surface area contributed by atoms with Gasteiger partial charge in [-0.1, -0.05) is 24.6 Å². The molecule has 0 saturated carbocycles. The van der Waals surface area contributed by atoms with Gasteiger partial charge in [-0.3, -0.25) is 0 Å². The molecule has 0 aliphatic heterocycles. The van der Waals surface area contributed by atoms with Crippen molar-refractivity contribution in [1.29, 1.82) is 0 Å². The van der Waals surface area contributed by atoms with Crippen LogP contribution in [0.5, 0.6) is 0 Å². The summed E-state index contributed by atoms with van der Waals surface area (Å²) in [5, 5.41) is 4.21. The van der Waals surface area contributed by atoms with Crippen LogP contribution in [0.1, 0.15) is 29.7 Å². The van der Waals surface area contributed by atoms with E-state index < -0.39 is 0 Å². The molecule has 1 aromatic carbocycles. The predicted octanol–water partition coefficient (Wildman–Crippen LogP) is 3.94. The molecule has 0 aliphatic rings. The Morgan fingerprint density at radius 3 is 2.82 bits per heavy atom. The highest BCUT2D eigenvalue weighted by Gasteiger charge is 2.16. The maximum absolute atomic E-state index is 6.07. The summed E-state index contributed by atoms with van der Waals surface area (Å²) in [6.07, 6.45) is 3.47. The summed E-state index contributed by atoms with van der Waals surface area (Å²) in [5.74, 6) is 0. The first-order valence-corrected chi connectivity index (χ1v) is 6.11. The van der Waals surface area contributed by atoms with Crippen LogP contribution in [0, 0.1) is 6.92 Å². The first-order valence-electron chi connectivity index (χ1n) is 5.74. The fourth-order valence-electron chi connectivity index (χ4n) is 1.97. The SMILES string of the molecule is CCNC(c1ccoc1)c1cc(Cl)ccc1C. The minimum Gasteiger partial charge on any atom is -0.472 e. The molecule has 2 rings (SSSR count). The van der Waals surface area contributed by atoms with Crippen LogP contribution in [-0.2, 0) is 0 Å². The predicted molar refractivity (Wildman–Crippen MR) is 70.4 cm³/mol. The Hall–Kier alpha value is -1.25. The van der Waals surface area contributed by atoms with E-state index in [1.54, 1.807) is 12.5 Å². The summed E-state index contributed by atoms with van der Waals surface area (Å²) in [7, 11) is 0. The average Bonchev–Trinajstić information content (AvgIpc) is 2.83. The second kappa shape index (κ2) is 5.39. The van der Waals surface area contributed by atoms with Crippen molar-refractivity contribution in [3.05, 3.63) is 58.5 Å². The Morgan fingerprint density at radius 1 is 1.35 bits per heavy atom. The van der Waals surface area contributed by atoms with E-state index in [0.29, 0.717) is 0 Å². The average molecular weight is 250 g/mol. The van der Waals surface area contributed by atoms with Crippen LogP contribution >= 0.6 is 11.6 Å². The molecule has 17 heavy (non-hydrogen) atoms. The van der Waals surface area contributed by atoms with E-state index in [9.17, 15) is 0 Å². The topological polar surface area (TPSA) is 25.2 Å². The Labute approximate surface area is 107 Å². The zero-order chi connectivity index (χ0) is 12.3. The minimum absolute atomic E-state index is 0.137. The molecule has 1 unspecified atom stereocenters. The second-order valence-corrected chi connectivity index (χ2v) is 4.48. The van der Waals surface area contributed by atoms with E-state index in [1.165, 1.54) is 11.1 Å². The minimum atomic E-state index is 0.137. The largest absolute Gasteiger partial charge is 0.472 e. The highest BCUT2D eigenvalue weighted by atomic mass is 35.5. The van der Waals surface area contributed by atoms with Gasteiger partial charge in [0.05, 0.1) is 18.6 Å². The smallest absolute Gasteiger partial charge is 0.0953 e. The Balaban J connectivity index is 2.42. The molecule has 2 nitrogen and oxygen atoms in total. The van der Waals surface area contributed by atoms with Gasteiger partial charge in [0.2, 0.25) is 0 Å². The lowest BCUT2D eigenvalue weighted by Crippen LogP contribution is -2.22. The van der Waals surface area contributed by atoms with Crippen molar-refractivity contribution in [2.45, 2.75) is 19.9 Å². The summed E-state index contributed by atoms with van der Waals surface area (Å²) < 4.78 is 5.16. The third-order valence-corrected chi connectivity index (χ3v) is 3.07. The van der Waals surface area contributed by atoms with Crippen molar-refractivity contribution in [2.75, 3.05) is 6.54 Å². The summed E-state index contributed by atoms with van der Waals surface area (Å²) in [4.78, 5) is 0. The summed E-state index contributed by atoms with van der Waals surface area (Å²) in [5.41, 5.74) is 3.54. The lowest BCUT2D eigenvalue weighted by atomic mass is 9.97. The van der Waals surface area contributed by atoms with Crippen LogP contribution in [0.3, 0.4) is 0 Å². The van der Waals surface area contributed by atoms with Crippen LogP contribution in [0.2, 0.25) is 5.02 Å². The Kier molecular flexibility index (Phi) is 3.87. The molecule has 0 saturated heterocycles. The number of hydrogen-bond acceptors (Lipinski definition) is 2. The Bertz CT molecular complexity index is 479. The fraction of sp³-hybridized carbons (Fsp3) is 0.286. The van der Waals surface area contributed by atoms with Crippen molar-refractivity contribution in [1.82, 2.24) is 5.32 Å². The van der Waals surface area contributed by atoms with Crippen LogP contribution in [0.25, 0.3) is 0 Å². The molecule has 0 spiro atoms. The van der Waals surface area contributed by atoms with E-state index in [-0.39, 0.29) is 6.04 Å². The number of benzene rings is 1. The van der Waals surface area contributed by atoms with Crippen molar-refractivity contribution in [2.24, 2.45) is 0 Å². The van der Waals surface area contributed by atoms with Crippen molar-refractivity contribution >= 4 is 11.6 Å². The fourth-order valence-corrected chi connectivity index (χ4v) is 2.15. The molecule has 0 fully saturated rings. The molecule has 2 aromatic rings. The van der Waals surface area contributed by atoms with Gasteiger partial charge in [0, 0.05) is 10.6 Å². The monoisotopic (exact) mass is 249 g/mol. The van der Waals surface area contributed by atoms with Crippen LogP contribution in [-0.4, -0.2) is 6.54 Å². The third kappa shape index (κ3) is 2.71. The number of hydrogen-bond donors (Lipinski definition) is 1. The van der Waals surface area contributed by atoms with E-state index in [4.69, 9.17) is 16.0 Å². The van der Waals surface area contributed by atoms with Crippen molar-refractivity contribution < 1.29 is 4.42 Å². The first-order chi connectivity index (χ1) is 8.22. The number of halogens is 1. The van der Waals surface area contributed by atoms with Crippen LogP contribution < -0.4 is 5.32 Å². The molecule has 90 valence electrons. The molecular weight excluding hydrogens is 234 g/mol. The number of rotatable bonds is 4. The number of furan rings is 1. The zero-order valence-corrected chi connectivity index (χ0v) is 10.8. The number of aryl methyl sites for hydroxylation is 1. The normalized spacial score (nSPS) is 12.6. The molecular formula is C14H16ClNO. The van der Waals surface area contributed by atoms with Crippen LogP contribution in [0.15, 0.2) is 41.2 Å². The second-order valence-electron chi connectivity index (χ2n) is 4.05. The first kappa shape index (κ1) is 12.2. The van der Waals surface area contributed by atoms with Gasteiger partial charge in [-0.15, -0.1) is 0 Å². The van der Waals surface area contributed by atoms with Crippen molar-refractivity contribution in [3.8, 4) is 0 Å². The quantitative estimate of drug-likeness (QED) is 0.888. The van der Waals surface area contributed by atoms with Gasteiger partial charge in [0.15, 0.2) is 0 Å². The maximum atomic E-state index is 6.07. The van der Waals surface area contributed by atoms with Gasteiger partial charge in [-0.2, -0.15) is 0 Å². The van der Waals surface area contributed by atoms with E-state index in [1.807, 2.05) is 24.3 Å².